The molecule has 0 fully saturated rings. The van der Waals surface area contributed by atoms with Crippen molar-refractivity contribution in [2.24, 2.45) is 0 Å². The van der Waals surface area contributed by atoms with E-state index in [9.17, 15) is 4.79 Å². The standard InChI is InChI=1S/C11H17N3O2S/c1-7(2)11-13-8(12)6-9(14-11)17-5-4-10(15)16-3/h6-7H,4-5H2,1-3H3,(H2,12,13,14). The van der Waals surface area contributed by atoms with Crippen molar-refractivity contribution >= 4 is 23.5 Å². The lowest BCUT2D eigenvalue weighted by Crippen LogP contribution is -2.04. The predicted molar refractivity (Wildman–Crippen MR) is 67.9 cm³/mol. The van der Waals surface area contributed by atoms with E-state index in [1.54, 1.807) is 6.07 Å². The van der Waals surface area contributed by atoms with E-state index in [-0.39, 0.29) is 11.9 Å². The Bertz CT molecular complexity index is 396. The van der Waals surface area contributed by atoms with Crippen LogP contribution in [0.15, 0.2) is 11.1 Å². The van der Waals surface area contributed by atoms with E-state index in [1.165, 1.54) is 18.9 Å². The van der Waals surface area contributed by atoms with Gasteiger partial charge in [-0.1, -0.05) is 13.8 Å². The number of nitrogen functional groups attached to an aromatic ring is 1. The average Bonchev–Trinajstić information content (AvgIpc) is 2.28. The summed E-state index contributed by atoms with van der Waals surface area (Å²) in [7, 11) is 1.38. The number of methoxy groups -OCH3 is 1. The molecule has 0 aliphatic rings. The molecule has 1 heterocycles. The molecule has 0 amide bonds. The zero-order valence-corrected chi connectivity index (χ0v) is 11.1. The molecule has 5 nitrogen and oxygen atoms in total. The second-order valence-corrected chi connectivity index (χ2v) is 4.93. The maximum absolute atomic E-state index is 11.0. The molecule has 0 aromatic carbocycles. The largest absolute Gasteiger partial charge is 0.469 e. The van der Waals surface area contributed by atoms with Crippen molar-refractivity contribution in [1.29, 1.82) is 0 Å². The summed E-state index contributed by atoms with van der Waals surface area (Å²) in [5, 5.41) is 0.796. The number of hydrogen-bond donors (Lipinski definition) is 1. The highest BCUT2D eigenvalue weighted by Crippen LogP contribution is 2.21. The number of rotatable bonds is 5. The molecule has 0 radical (unpaired) electrons. The molecule has 1 rings (SSSR count). The van der Waals surface area contributed by atoms with Crippen LogP contribution < -0.4 is 5.73 Å². The zero-order chi connectivity index (χ0) is 12.8. The van der Waals surface area contributed by atoms with E-state index in [0.717, 1.165) is 10.9 Å². The number of nitrogens with zero attached hydrogens (tertiary/aromatic N) is 2. The quantitative estimate of drug-likeness (QED) is 0.491. The number of carbonyl (C=O) groups is 1. The number of anilines is 1. The van der Waals surface area contributed by atoms with E-state index in [2.05, 4.69) is 14.7 Å². The highest BCUT2D eigenvalue weighted by molar-refractivity contribution is 7.99. The van der Waals surface area contributed by atoms with Gasteiger partial charge >= 0.3 is 5.97 Å². The van der Waals surface area contributed by atoms with Gasteiger partial charge < -0.3 is 10.5 Å². The van der Waals surface area contributed by atoms with Crippen LogP contribution in [0.2, 0.25) is 0 Å². The Morgan fingerprint density at radius 3 is 2.82 bits per heavy atom. The SMILES string of the molecule is COC(=O)CCSc1cc(N)nc(C(C)C)n1. The smallest absolute Gasteiger partial charge is 0.306 e. The van der Waals surface area contributed by atoms with Gasteiger partial charge in [0.15, 0.2) is 0 Å². The number of thioether (sulfide) groups is 1. The summed E-state index contributed by atoms with van der Waals surface area (Å²) >= 11 is 1.48. The van der Waals surface area contributed by atoms with Gasteiger partial charge in [0.05, 0.1) is 13.5 Å². The van der Waals surface area contributed by atoms with Crippen molar-refractivity contribution in [2.45, 2.75) is 31.2 Å². The van der Waals surface area contributed by atoms with Crippen LogP contribution >= 0.6 is 11.8 Å². The molecule has 0 aliphatic heterocycles. The summed E-state index contributed by atoms with van der Waals surface area (Å²) in [6, 6.07) is 1.72. The molecule has 0 atom stereocenters. The second kappa shape index (κ2) is 6.44. The molecular formula is C11H17N3O2S. The van der Waals surface area contributed by atoms with Gasteiger partial charge in [-0.25, -0.2) is 9.97 Å². The number of carbonyl (C=O) groups excluding carboxylic acids is 1. The van der Waals surface area contributed by atoms with Gasteiger partial charge in [-0.3, -0.25) is 4.79 Å². The van der Waals surface area contributed by atoms with E-state index in [4.69, 9.17) is 5.73 Å². The lowest BCUT2D eigenvalue weighted by Gasteiger charge is -2.07. The van der Waals surface area contributed by atoms with Crippen LogP contribution in [0.4, 0.5) is 5.82 Å². The molecule has 0 spiro atoms. The van der Waals surface area contributed by atoms with Gasteiger partial charge in [-0.2, -0.15) is 0 Å². The first kappa shape index (κ1) is 13.8. The highest BCUT2D eigenvalue weighted by atomic mass is 32.2. The van der Waals surface area contributed by atoms with Gasteiger partial charge in [0.25, 0.3) is 0 Å². The third-order valence-electron chi connectivity index (χ3n) is 2.04. The lowest BCUT2D eigenvalue weighted by atomic mass is 10.2. The van der Waals surface area contributed by atoms with Crippen molar-refractivity contribution in [3.05, 3.63) is 11.9 Å². The summed E-state index contributed by atoms with van der Waals surface area (Å²) in [6.07, 6.45) is 0.363. The minimum atomic E-state index is -0.219. The van der Waals surface area contributed by atoms with Gasteiger partial charge in [-0.05, 0) is 0 Å². The van der Waals surface area contributed by atoms with Crippen molar-refractivity contribution in [1.82, 2.24) is 9.97 Å². The molecule has 0 aliphatic carbocycles. The Hall–Kier alpha value is -1.30. The van der Waals surface area contributed by atoms with E-state index in [1.807, 2.05) is 13.8 Å². The molecule has 1 aromatic rings. The first-order valence-corrected chi connectivity index (χ1v) is 6.35. The third kappa shape index (κ3) is 4.60. The summed E-state index contributed by atoms with van der Waals surface area (Å²) in [5.41, 5.74) is 5.70. The Labute approximate surface area is 105 Å². The van der Waals surface area contributed by atoms with Crippen molar-refractivity contribution in [3.8, 4) is 0 Å². The number of esters is 1. The molecule has 0 bridgehead atoms. The Morgan fingerprint density at radius 1 is 1.53 bits per heavy atom. The molecule has 0 saturated heterocycles. The van der Waals surface area contributed by atoms with Crippen LogP contribution in [-0.4, -0.2) is 28.8 Å². The molecule has 0 unspecified atom stereocenters. The molecule has 94 valence electrons. The summed E-state index contributed by atoms with van der Waals surface area (Å²) in [6.45, 7) is 4.02. The van der Waals surface area contributed by atoms with Crippen LogP contribution in [-0.2, 0) is 9.53 Å². The van der Waals surface area contributed by atoms with Crippen LogP contribution in [0, 0.1) is 0 Å². The van der Waals surface area contributed by atoms with Crippen LogP contribution in [0.5, 0.6) is 0 Å². The minimum Gasteiger partial charge on any atom is -0.469 e. The fraction of sp³-hybridized carbons (Fsp3) is 0.545. The van der Waals surface area contributed by atoms with E-state index < -0.39 is 0 Å². The van der Waals surface area contributed by atoms with Crippen LogP contribution in [0.1, 0.15) is 32.0 Å². The fourth-order valence-corrected chi connectivity index (χ4v) is 1.97. The van der Waals surface area contributed by atoms with Gasteiger partial charge in [0, 0.05) is 17.7 Å². The Balaban J connectivity index is 2.62. The fourth-order valence-electron chi connectivity index (χ4n) is 1.13. The van der Waals surface area contributed by atoms with Gasteiger partial charge in [0.1, 0.15) is 16.7 Å². The predicted octanol–water partition coefficient (Wildman–Crippen LogP) is 1.84. The molecule has 0 saturated carbocycles. The van der Waals surface area contributed by atoms with Crippen LogP contribution in [0.3, 0.4) is 0 Å². The van der Waals surface area contributed by atoms with Crippen molar-refractivity contribution in [3.63, 3.8) is 0 Å². The van der Waals surface area contributed by atoms with Crippen molar-refractivity contribution < 1.29 is 9.53 Å². The van der Waals surface area contributed by atoms with Crippen LogP contribution in [0.25, 0.3) is 0 Å². The van der Waals surface area contributed by atoms with Crippen molar-refractivity contribution in [2.75, 3.05) is 18.6 Å². The number of hydrogen-bond acceptors (Lipinski definition) is 6. The highest BCUT2D eigenvalue weighted by Gasteiger charge is 2.08. The minimum absolute atomic E-state index is 0.219. The molecule has 17 heavy (non-hydrogen) atoms. The zero-order valence-electron chi connectivity index (χ0n) is 10.3. The summed E-state index contributed by atoms with van der Waals surface area (Å²) in [5.74, 6) is 1.83. The average molecular weight is 255 g/mol. The van der Waals surface area contributed by atoms with E-state index >= 15 is 0 Å². The molecule has 2 N–H and O–H groups in total. The molecule has 1 aromatic heterocycles. The number of aromatic nitrogens is 2. The van der Waals surface area contributed by atoms with E-state index in [0.29, 0.717) is 18.0 Å². The Morgan fingerprint density at radius 2 is 2.24 bits per heavy atom. The summed E-state index contributed by atoms with van der Waals surface area (Å²) < 4.78 is 4.56. The first-order chi connectivity index (χ1) is 8.02. The first-order valence-electron chi connectivity index (χ1n) is 5.37. The Kier molecular flexibility index (Phi) is 5.21. The lowest BCUT2D eigenvalue weighted by molar-refractivity contribution is -0.140. The van der Waals surface area contributed by atoms with Gasteiger partial charge in [0.2, 0.25) is 0 Å². The number of nitrogens with two attached hydrogens (primary N) is 1. The maximum Gasteiger partial charge on any atom is 0.306 e. The van der Waals surface area contributed by atoms with Gasteiger partial charge in [-0.15, -0.1) is 11.8 Å². The third-order valence-corrected chi connectivity index (χ3v) is 2.95. The molecule has 6 heteroatoms. The normalized spacial score (nSPS) is 10.6. The topological polar surface area (TPSA) is 78.1 Å². The second-order valence-electron chi connectivity index (χ2n) is 3.82. The molecular weight excluding hydrogens is 238 g/mol. The monoisotopic (exact) mass is 255 g/mol. The summed E-state index contributed by atoms with van der Waals surface area (Å²) in [4.78, 5) is 19.5. The number of ether oxygens (including phenoxy) is 1. The maximum atomic E-state index is 11.0.